The molecular formula is C15H27N3O. The molecule has 1 aliphatic heterocycles. The maximum Gasteiger partial charge on any atom is 0.0641 e. The van der Waals surface area contributed by atoms with Crippen molar-refractivity contribution in [3.63, 3.8) is 0 Å². The zero-order valence-electron chi connectivity index (χ0n) is 12.7. The second-order valence-electron chi connectivity index (χ2n) is 6.26. The fourth-order valence-electron chi connectivity index (χ4n) is 2.84. The van der Waals surface area contributed by atoms with Gasteiger partial charge in [0.25, 0.3) is 0 Å². The van der Waals surface area contributed by atoms with Crippen molar-refractivity contribution in [3.8, 4) is 0 Å². The number of rotatable bonds is 5. The van der Waals surface area contributed by atoms with Crippen molar-refractivity contribution in [1.82, 2.24) is 15.1 Å². The molecule has 108 valence electrons. The number of hydrogen-bond acceptors (Lipinski definition) is 3. The van der Waals surface area contributed by atoms with E-state index >= 15 is 0 Å². The lowest BCUT2D eigenvalue weighted by Gasteiger charge is -2.36. The van der Waals surface area contributed by atoms with Crippen LogP contribution < -0.4 is 5.32 Å². The van der Waals surface area contributed by atoms with Crippen LogP contribution in [0.5, 0.6) is 0 Å². The van der Waals surface area contributed by atoms with Gasteiger partial charge in [-0.2, -0.15) is 5.10 Å². The molecule has 1 aromatic rings. The van der Waals surface area contributed by atoms with Gasteiger partial charge in [-0.05, 0) is 59.6 Å². The molecule has 19 heavy (non-hydrogen) atoms. The van der Waals surface area contributed by atoms with Crippen molar-refractivity contribution in [2.75, 3.05) is 13.2 Å². The van der Waals surface area contributed by atoms with Crippen molar-refractivity contribution in [1.29, 1.82) is 0 Å². The number of hydrogen-bond donors (Lipinski definition) is 1. The Labute approximate surface area is 116 Å². The van der Waals surface area contributed by atoms with Crippen LogP contribution in [0.15, 0.2) is 6.07 Å². The predicted molar refractivity (Wildman–Crippen MR) is 77.4 cm³/mol. The van der Waals surface area contributed by atoms with Gasteiger partial charge in [-0.25, -0.2) is 0 Å². The summed E-state index contributed by atoms with van der Waals surface area (Å²) in [6.07, 6.45) is 3.36. The highest BCUT2D eigenvalue weighted by atomic mass is 16.5. The third-order valence-electron chi connectivity index (χ3n) is 3.78. The summed E-state index contributed by atoms with van der Waals surface area (Å²) in [6.45, 7) is 11.5. The summed E-state index contributed by atoms with van der Waals surface area (Å²) in [5.41, 5.74) is 2.40. The first kappa shape index (κ1) is 14.5. The Hall–Kier alpha value is -0.870. The van der Waals surface area contributed by atoms with Crippen LogP contribution in [-0.2, 0) is 11.3 Å². The van der Waals surface area contributed by atoms with E-state index in [2.05, 4.69) is 41.9 Å². The molecule has 1 unspecified atom stereocenters. The minimum absolute atomic E-state index is 0.0333. The highest BCUT2D eigenvalue weighted by Crippen LogP contribution is 2.23. The highest BCUT2D eigenvalue weighted by Gasteiger charge is 2.28. The van der Waals surface area contributed by atoms with Crippen molar-refractivity contribution in [3.05, 3.63) is 17.5 Å². The third-order valence-corrected chi connectivity index (χ3v) is 3.78. The third kappa shape index (κ3) is 4.32. The summed E-state index contributed by atoms with van der Waals surface area (Å²) in [5.74, 6) is 0. The molecule has 0 aliphatic carbocycles. The Balaban J connectivity index is 1.68. The van der Waals surface area contributed by atoms with Crippen LogP contribution in [0.4, 0.5) is 0 Å². The number of nitrogens with one attached hydrogen (secondary N) is 1. The van der Waals surface area contributed by atoms with E-state index in [4.69, 9.17) is 4.74 Å². The lowest BCUT2D eigenvalue weighted by Crippen LogP contribution is -2.44. The maximum absolute atomic E-state index is 5.74. The molecule has 2 rings (SSSR count). The molecule has 1 N–H and O–H groups in total. The van der Waals surface area contributed by atoms with Gasteiger partial charge < -0.3 is 10.1 Å². The summed E-state index contributed by atoms with van der Waals surface area (Å²) in [6, 6.07) is 2.73. The van der Waals surface area contributed by atoms with E-state index in [9.17, 15) is 0 Å². The lowest BCUT2D eigenvalue weighted by atomic mass is 9.94. The summed E-state index contributed by atoms with van der Waals surface area (Å²) in [7, 11) is 0. The molecule has 2 heterocycles. The van der Waals surface area contributed by atoms with E-state index in [-0.39, 0.29) is 5.60 Å². The molecule has 1 fully saturated rings. The zero-order valence-corrected chi connectivity index (χ0v) is 12.7. The van der Waals surface area contributed by atoms with Gasteiger partial charge in [0.15, 0.2) is 0 Å². The quantitative estimate of drug-likeness (QED) is 0.831. The van der Waals surface area contributed by atoms with Gasteiger partial charge in [-0.1, -0.05) is 0 Å². The first-order valence-electron chi connectivity index (χ1n) is 7.35. The number of aromatic nitrogens is 2. The average Bonchev–Trinajstić information content (AvgIpc) is 2.62. The van der Waals surface area contributed by atoms with Crippen LogP contribution in [0.25, 0.3) is 0 Å². The van der Waals surface area contributed by atoms with Crippen LogP contribution in [0.2, 0.25) is 0 Å². The number of aryl methyl sites for hydroxylation is 3. The molecule has 0 aromatic carbocycles. The highest BCUT2D eigenvalue weighted by molar-refractivity contribution is 5.06. The fraction of sp³-hybridized carbons (Fsp3) is 0.800. The van der Waals surface area contributed by atoms with E-state index in [0.717, 1.165) is 44.7 Å². The van der Waals surface area contributed by atoms with Gasteiger partial charge in [-0.3, -0.25) is 4.68 Å². The Morgan fingerprint density at radius 1 is 1.47 bits per heavy atom. The summed E-state index contributed by atoms with van der Waals surface area (Å²) >= 11 is 0. The lowest BCUT2D eigenvalue weighted by molar-refractivity contribution is -0.0628. The van der Waals surface area contributed by atoms with Gasteiger partial charge in [0, 0.05) is 24.9 Å². The Bertz CT molecular complexity index is 412. The monoisotopic (exact) mass is 265 g/mol. The zero-order chi connectivity index (χ0) is 13.9. The molecule has 1 atom stereocenters. The molecule has 4 heteroatoms. The van der Waals surface area contributed by atoms with Crippen LogP contribution in [0, 0.1) is 13.8 Å². The molecular weight excluding hydrogens is 238 g/mol. The SMILES string of the molecule is Cc1cc(C)n(CCCNC2CCOC(C)(C)C2)n1. The van der Waals surface area contributed by atoms with Crippen molar-refractivity contribution in [2.24, 2.45) is 0 Å². The minimum Gasteiger partial charge on any atom is -0.375 e. The van der Waals surface area contributed by atoms with Crippen molar-refractivity contribution >= 4 is 0 Å². The molecule has 0 radical (unpaired) electrons. The number of ether oxygens (including phenoxy) is 1. The minimum atomic E-state index is 0.0333. The molecule has 0 spiro atoms. The van der Waals surface area contributed by atoms with E-state index in [1.54, 1.807) is 0 Å². The Morgan fingerprint density at radius 2 is 2.26 bits per heavy atom. The van der Waals surface area contributed by atoms with Gasteiger partial charge in [0.1, 0.15) is 0 Å². The van der Waals surface area contributed by atoms with E-state index in [1.165, 1.54) is 5.69 Å². The summed E-state index contributed by atoms with van der Waals surface area (Å²) in [5, 5.41) is 8.14. The standard InChI is InChI=1S/C15H27N3O/c1-12-10-13(2)18(17-12)8-5-7-16-14-6-9-19-15(3,4)11-14/h10,14,16H,5-9,11H2,1-4H3. The van der Waals surface area contributed by atoms with Crippen LogP contribution >= 0.6 is 0 Å². The fourth-order valence-corrected chi connectivity index (χ4v) is 2.84. The second kappa shape index (κ2) is 6.06. The second-order valence-corrected chi connectivity index (χ2v) is 6.26. The molecule has 1 aliphatic rings. The first-order chi connectivity index (χ1) is 8.96. The molecule has 0 saturated carbocycles. The number of nitrogens with zero attached hydrogens (tertiary/aromatic N) is 2. The maximum atomic E-state index is 5.74. The Kier molecular flexibility index (Phi) is 4.63. The smallest absolute Gasteiger partial charge is 0.0641 e. The first-order valence-corrected chi connectivity index (χ1v) is 7.35. The van der Waals surface area contributed by atoms with Gasteiger partial charge in [0.2, 0.25) is 0 Å². The topological polar surface area (TPSA) is 39.1 Å². The van der Waals surface area contributed by atoms with E-state index in [1.807, 2.05) is 6.92 Å². The molecule has 0 amide bonds. The van der Waals surface area contributed by atoms with Crippen molar-refractivity contribution in [2.45, 2.75) is 65.1 Å². The van der Waals surface area contributed by atoms with Crippen LogP contribution in [0.1, 0.15) is 44.5 Å². The molecule has 4 nitrogen and oxygen atoms in total. The van der Waals surface area contributed by atoms with Crippen LogP contribution in [0.3, 0.4) is 0 Å². The van der Waals surface area contributed by atoms with E-state index in [0.29, 0.717) is 6.04 Å². The van der Waals surface area contributed by atoms with E-state index < -0.39 is 0 Å². The predicted octanol–water partition coefficient (Wildman–Crippen LogP) is 2.44. The molecule has 1 aromatic heterocycles. The van der Waals surface area contributed by atoms with Crippen LogP contribution in [-0.4, -0.2) is 34.6 Å². The Morgan fingerprint density at radius 3 is 2.89 bits per heavy atom. The average molecular weight is 265 g/mol. The summed E-state index contributed by atoms with van der Waals surface area (Å²) in [4.78, 5) is 0. The van der Waals surface area contributed by atoms with Gasteiger partial charge >= 0.3 is 0 Å². The summed E-state index contributed by atoms with van der Waals surface area (Å²) < 4.78 is 7.84. The molecule has 1 saturated heterocycles. The van der Waals surface area contributed by atoms with Gasteiger partial charge in [-0.15, -0.1) is 0 Å². The van der Waals surface area contributed by atoms with Gasteiger partial charge in [0.05, 0.1) is 11.3 Å². The normalized spacial score (nSPS) is 22.6. The molecule has 0 bridgehead atoms. The largest absolute Gasteiger partial charge is 0.375 e. The van der Waals surface area contributed by atoms with Crippen molar-refractivity contribution < 1.29 is 4.74 Å².